The maximum atomic E-state index is 9.75. The van der Waals surface area contributed by atoms with Crippen LogP contribution in [-0.2, 0) is 9.53 Å². The van der Waals surface area contributed by atoms with Crippen molar-refractivity contribution in [2.24, 2.45) is 4.99 Å². The van der Waals surface area contributed by atoms with E-state index in [0.29, 0.717) is 19.4 Å². The molecule has 1 aromatic heterocycles. The molecule has 0 amide bonds. The Labute approximate surface area is 76.3 Å². The van der Waals surface area contributed by atoms with Crippen LogP contribution in [0.15, 0.2) is 35.6 Å². The Morgan fingerprint density at radius 3 is 2.31 bits per heavy atom. The lowest BCUT2D eigenvalue weighted by atomic mass is 10.5. The highest BCUT2D eigenvalue weighted by molar-refractivity contribution is 6.24. The first kappa shape index (κ1) is 9.38. The maximum Gasteiger partial charge on any atom is 0.250 e. The Hall–Kier alpha value is -1.71. The molecule has 4 heteroatoms. The van der Waals surface area contributed by atoms with Crippen LogP contribution in [0.3, 0.4) is 0 Å². The molecule has 0 radical (unpaired) electrons. The van der Waals surface area contributed by atoms with E-state index in [2.05, 4.69) is 14.7 Å². The molecule has 0 atom stereocenters. The van der Waals surface area contributed by atoms with Crippen molar-refractivity contribution < 1.29 is 9.53 Å². The Kier molecular flexibility index (Phi) is 4.24. The monoisotopic (exact) mass is 178 g/mol. The average Bonchev–Trinajstić information content (AvgIpc) is 2.74. The fraction of sp³-hybridized carbons (Fsp3) is 0.222. The van der Waals surface area contributed by atoms with E-state index < -0.39 is 0 Å². The minimum atomic E-state index is 0.236. The van der Waals surface area contributed by atoms with E-state index in [9.17, 15) is 4.79 Å². The minimum Gasteiger partial charge on any atom is -0.474 e. The number of nitrogens with zero attached hydrogens (tertiary/aromatic N) is 2. The lowest BCUT2D eigenvalue weighted by Crippen LogP contribution is -1.97. The first-order valence-corrected chi connectivity index (χ1v) is 3.91. The van der Waals surface area contributed by atoms with Crippen LogP contribution in [0.25, 0.3) is 0 Å². The third kappa shape index (κ3) is 4.00. The summed E-state index contributed by atoms with van der Waals surface area (Å²) in [5.41, 5.74) is 0. The molecule has 1 aromatic rings. The summed E-state index contributed by atoms with van der Waals surface area (Å²) in [5.74, 6) is 0.236. The molecule has 0 aromatic carbocycles. The number of aldehydes is 1. The van der Waals surface area contributed by atoms with E-state index in [-0.39, 0.29) is 5.90 Å². The summed E-state index contributed by atoms with van der Waals surface area (Å²) in [4.78, 5) is 17.2. The molecule has 0 fully saturated rings. The van der Waals surface area contributed by atoms with Gasteiger partial charge in [0.15, 0.2) is 0 Å². The smallest absolute Gasteiger partial charge is 0.250 e. The van der Waals surface area contributed by atoms with Crippen LogP contribution >= 0.6 is 0 Å². The van der Waals surface area contributed by atoms with Gasteiger partial charge in [0, 0.05) is 12.4 Å². The quantitative estimate of drug-likeness (QED) is 0.594. The van der Waals surface area contributed by atoms with Crippen molar-refractivity contribution in [1.29, 1.82) is 0 Å². The van der Waals surface area contributed by atoms with Gasteiger partial charge in [-0.2, -0.15) is 0 Å². The molecule has 0 unspecified atom stereocenters. The second-order valence-electron chi connectivity index (χ2n) is 2.21. The number of pyridine rings is 1. The van der Waals surface area contributed by atoms with Crippen molar-refractivity contribution in [3.63, 3.8) is 0 Å². The molecule has 0 aliphatic carbocycles. The topological polar surface area (TPSA) is 51.5 Å². The standard InChI is InChI=1S/C5H5N.C4H5NO2/c1-2-4-6-5-3-1;6-3-4-5-1-2-7-4/h1-5H;3H,1-2H2. The van der Waals surface area contributed by atoms with Crippen LogP contribution < -0.4 is 0 Å². The summed E-state index contributed by atoms with van der Waals surface area (Å²) >= 11 is 0. The van der Waals surface area contributed by atoms with Gasteiger partial charge in [-0.15, -0.1) is 0 Å². The summed E-state index contributed by atoms with van der Waals surface area (Å²) in [6, 6.07) is 5.72. The zero-order valence-corrected chi connectivity index (χ0v) is 7.09. The highest BCUT2D eigenvalue weighted by Crippen LogP contribution is 1.88. The van der Waals surface area contributed by atoms with Crippen LogP contribution in [0.4, 0.5) is 0 Å². The van der Waals surface area contributed by atoms with Crippen molar-refractivity contribution >= 4 is 12.2 Å². The predicted molar refractivity (Wildman–Crippen MR) is 48.6 cm³/mol. The lowest BCUT2D eigenvalue weighted by Gasteiger charge is -1.85. The van der Waals surface area contributed by atoms with Gasteiger partial charge in [-0.25, -0.2) is 4.99 Å². The highest BCUT2D eigenvalue weighted by atomic mass is 16.5. The van der Waals surface area contributed by atoms with Crippen molar-refractivity contribution in [3.05, 3.63) is 30.6 Å². The fourth-order valence-corrected chi connectivity index (χ4v) is 0.736. The van der Waals surface area contributed by atoms with Crippen LogP contribution in [0.2, 0.25) is 0 Å². The first-order chi connectivity index (χ1) is 6.43. The number of carbonyl (C=O) groups excluding carboxylic acids is 1. The van der Waals surface area contributed by atoms with Gasteiger partial charge >= 0.3 is 0 Å². The number of ether oxygens (including phenoxy) is 1. The lowest BCUT2D eigenvalue weighted by molar-refractivity contribution is -0.103. The van der Waals surface area contributed by atoms with Gasteiger partial charge in [-0.1, -0.05) is 6.07 Å². The van der Waals surface area contributed by atoms with Crippen molar-refractivity contribution in [1.82, 2.24) is 4.98 Å². The SMILES string of the molecule is O=CC1=NCCO1.c1ccncc1. The second kappa shape index (κ2) is 5.88. The largest absolute Gasteiger partial charge is 0.474 e. The molecule has 2 heterocycles. The number of aliphatic imine (C=N–C) groups is 1. The van der Waals surface area contributed by atoms with Gasteiger partial charge in [0.2, 0.25) is 12.2 Å². The zero-order valence-electron chi connectivity index (χ0n) is 7.09. The van der Waals surface area contributed by atoms with Gasteiger partial charge in [0.1, 0.15) is 6.61 Å². The van der Waals surface area contributed by atoms with E-state index >= 15 is 0 Å². The van der Waals surface area contributed by atoms with Crippen molar-refractivity contribution in [2.75, 3.05) is 13.2 Å². The third-order valence-electron chi connectivity index (χ3n) is 1.28. The number of aromatic nitrogens is 1. The molecular weight excluding hydrogens is 168 g/mol. The average molecular weight is 178 g/mol. The molecule has 2 rings (SSSR count). The van der Waals surface area contributed by atoms with E-state index in [1.807, 2.05) is 18.2 Å². The normalized spacial score (nSPS) is 13.4. The Morgan fingerprint density at radius 2 is 2.08 bits per heavy atom. The number of hydrogen-bond donors (Lipinski definition) is 0. The summed E-state index contributed by atoms with van der Waals surface area (Å²) < 4.78 is 4.68. The van der Waals surface area contributed by atoms with E-state index in [1.54, 1.807) is 12.4 Å². The highest BCUT2D eigenvalue weighted by Gasteiger charge is 2.02. The van der Waals surface area contributed by atoms with Crippen LogP contribution in [0, 0.1) is 0 Å². The fourth-order valence-electron chi connectivity index (χ4n) is 0.736. The van der Waals surface area contributed by atoms with Crippen molar-refractivity contribution in [2.45, 2.75) is 0 Å². The summed E-state index contributed by atoms with van der Waals surface area (Å²) in [7, 11) is 0. The predicted octanol–water partition coefficient (Wildman–Crippen LogP) is 0.696. The van der Waals surface area contributed by atoms with Crippen LogP contribution in [0.1, 0.15) is 0 Å². The van der Waals surface area contributed by atoms with E-state index in [0.717, 1.165) is 0 Å². The Bertz CT molecular complexity index is 245. The molecule has 0 saturated carbocycles. The Balaban J connectivity index is 0.000000132. The maximum absolute atomic E-state index is 9.75. The van der Waals surface area contributed by atoms with Crippen LogP contribution in [-0.4, -0.2) is 30.3 Å². The summed E-state index contributed by atoms with van der Waals surface area (Å²) in [5, 5.41) is 0. The van der Waals surface area contributed by atoms with E-state index in [4.69, 9.17) is 0 Å². The second-order valence-corrected chi connectivity index (χ2v) is 2.21. The number of rotatable bonds is 1. The Morgan fingerprint density at radius 1 is 1.31 bits per heavy atom. The van der Waals surface area contributed by atoms with Gasteiger partial charge in [-0.05, 0) is 12.1 Å². The molecule has 1 aliphatic heterocycles. The zero-order chi connectivity index (χ0) is 9.36. The van der Waals surface area contributed by atoms with E-state index in [1.165, 1.54) is 0 Å². The number of carbonyl (C=O) groups is 1. The molecule has 0 N–H and O–H groups in total. The van der Waals surface area contributed by atoms with Gasteiger partial charge in [0.05, 0.1) is 6.54 Å². The molecule has 0 bridgehead atoms. The number of hydrogen-bond acceptors (Lipinski definition) is 4. The summed E-state index contributed by atoms with van der Waals surface area (Å²) in [6.45, 7) is 1.20. The summed E-state index contributed by atoms with van der Waals surface area (Å²) in [6.07, 6.45) is 4.12. The van der Waals surface area contributed by atoms with Gasteiger partial charge in [-0.3, -0.25) is 9.78 Å². The molecule has 13 heavy (non-hydrogen) atoms. The molecule has 0 spiro atoms. The first-order valence-electron chi connectivity index (χ1n) is 3.91. The molecule has 68 valence electrons. The molecule has 4 nitrogen and oxygen atoms in total. The van der Waals surface area contributed by atoms with Crippen molar-refractivity contribution in [3.8, 4) is 0 Å². The molecule has 1 aliphatic rings. The molecule has 0 saturated heterocycles. The van der Waals surface area contributed by atoms with Crippen LogP contribution in [0.5, 0.6) is 0 Å². The third-order valence-corrected chi connectivity index (χ3v) is 1.28. The van der Waals surface area contributed by atoms with Gasteiger partial charge < -0.3 is 4.74 Å². The van der Waals surface area contributed by atoms with Gasteiger partial charge in [0.25, 0.3) is 0 Å². The minimum absolute atomic E-state index is 0.236. The molecular formula is C9H10N2O2.